The van der Waals surface area contributed by atoms with E-state index in [2.05, 4.69) is 21.2 Å². The van der Waals surface area contributed by atoms with Gasteiger partial charge in [0.1, 0.15) is 0 Å². The predicted molar refractivity (Wildman–Crippen MR) is 170 cm³/mol. The maximum Gasteiger partial charge on any atom is 0.257 e. The standard InChI is InChI=1S/C37H27BrN2O2/c38-29-22-20-27(21-23-29)34-32(35(41)28-16-8-3-9-17-28)33(26-14-6-2-7-15-26)37(39-34)30-18-10-11-19-31(30)40(36(37)42)24-25-12-4-1-5-13-25/h1-23,34,39H,24H2/t34-,37+/m0/s1. The fourth-order valence-corrected chi connectivity index (χ4v) is 6.60. The topological polar surface area (TPSA) is 49.4 Å². The maximum absolute atomic E-state index is 15.0. The van der Waals surface area contributed by atoms with Crippen LogP contribution in [-0.2, 0) is 16.9 Å². The fourth-order valence-electron chi connectivity index (χ4n) is 6.34. The van der Waals surface area contributed by atoms with E-state index in [9.17, 15) is 4.79 Å². The molecule has 0 saturated heterocycles. The highest BCUT2D eigenvalue weighted by molar-refractivity contribution is 9.10. The van der Waals surface area contributed by atoms with Crippen molar-refractivity contribution in [3.05, 3.63) is 177 Å². The third kappa shape index (κ3) is 4.25. The lowest BCUT2D eigenvalue weighted by atomic mass is 9.79. The number of benzene rings is 5. The fraction of sp³-hybridized carbons (Fsp3) is 0.0811. The number of amides is 1. The van der Waals surface area contributed by atoms with Crippen LogP contribution in [0.25, 0.3) is 5.57 Å². The number of anilines is 1. The predicted octanol–water partition coefficient (Wildman–Crippen LogP) is 7.87. The van der Waals surface area contributed by atoms with E-state index in [1.165, 1.54) is 0 Å². The average molecular weight is 612 g/mol. The first-order valence-corrected chi connectivity index (χ1v) is 14.8. The Hall–Kier alpha value is -4.58. The number of halogens is 1. The number of ketones is 1. The molecular formula is C37H27BrN2O2. The van der Waals surface area contributed by atoms with Crippen LogP contribution in [0.5, 0.6) is 0 Å². The molecule has 7 rings (SSSR count). The summed E-state index contributed by atoms with van der Waals surface area (Å²) in [5.74, 6) is -0.192. The number of carbonyl (C=O) groups excluding carboxylic acids is 2. The third-order valence-electron chi connectivity index (χ3n) is 8.19. The van der Waals surface area contributed by atoms with Crippen LogP contribution in [-0.4, -0.2) is 11.7 Å². The number of hydrogen-bond acceptors (Lipinski definition) is 3. The van der Waals surface area contributed by atoms with Crippen LogP contribution in [0.2, 0.25) is 0 Å². The van der Waals surface area contributed by atoms with Crippen LogP contribution in [0.3, 0.4) is 0 Å². The van der Waals surface area contributed by atoms with Gasteiger partial charge in [0.2, 0.25) is 0 Å². The molecule has 2 atom stereocenters. The Morgan fingerprint density at radius 3 is 2.02 bits per heavy atom. The highest BCUT2D eigenvalue weighted by Gasteiger charge is 2.60. The molecule has 2 aliphatic heterocycles. The van der Waals surface area contributed by atoms with Gasteiger partial charge in [0.05, 0.1) is 18.3 Å². The van der Waals surface area contributed by atoms with E-state index in [-0.39, 0.29) is 11.7 Å². The number of carbonyl (C=O) groups is 2. The summed E-state index contributed by atoms with van der Waals surface area (Å²) >= 11 is 3.55. The quantitative estimate of drug-likeness (QED) is 0.199. The molecule has 5 aromatic rings. The van der Waals surface area contributed by atoms with Gasteiger partial charge in [-0.15, -0.1) is 0 Å². The molecule has 0 radical (unpaired) electrons. The lowest BCUT2D eigenvalue weighted by molar-refractivity contribution is -0.122. The molecule has 0 saturated carbocycles. The summed E-state index contributed by atoms with van der Waals surface area (Å²) < 4.78 is 0.943. The normalized spacial score (nSPS) is 19.4. The smallest absolute Gasteiger partial charge is 0.257 e. The van der Waals surface area contributed by atoms with Crippen molar-refractivity contribution in [2.24, 2.45) is 0 Å². The first-order valence-electron chi connectivity index (χ1n) is 14.0. The van der Waals surface area contributed by atoms with E-state index in [0.29, 0.717) is 23.3 Å². The summed E-state index contributed by atoms with van der Waals surface area (Å²) in [6, 6.07) is 44.6. The Morgan fingerprint density at radius 1 is 0.738 bits per heavy atom. The molecule has 5 aromatic carbocycles. The number of Topliss-reactive ketones (excluding diaryl/α,β-unsaturated/α-hetero) is 1. The lowest BCUT2D eigenvalue weighted by Crippen LogP contribution is -2.49. The summed E-state index contributed by atoms with van der Waals surface area (Å²) in [5.41, 5.74) is 5.09. The summed E-state index contributed by atoms with van der Waals surface area (Å²) in [6.07, 6.45) is 0. The highest BCUT2D eigenvalue weighted by atomic mass is 79.9. The van der Waals surface area contributed by atoms with Gasteiger partial charge in [0, 0.05) is 26.7 Å². The van der Waals surface area contributed by atoms with E-state index in [0.717, 1.165) is 32.4 Å². The number of nitrogens with zero attached hydrogens (tertiary/aromatic N) is 1. The van der Waals surface area contributed by atoms with Crippen molar-refractivity contribution in [1.82, 2.24) is 5.32 Å². The Labute approximate surface area is 253 Å². The molecule has 2 aliphatic rings. The van der Waals surface area contributed by atoms with Gasteiger partial charge < -0.3 is 4.90 Å². The Balaban J connectivity index is 1.51. The van der Waals surface area contributed by atoms with Gasteiger partial charge in [-0.1, -0.05) is 137 Å². The van der Waals surface area contributed by atoms with Gasteiger partial charge in [-0.2, -0.15) is 0 Å². The molecule has 0 fully saturated rings. The van der Waals surface area contributed by atoms with E-state index in [1.54, 1.807) is 0 Å². The van der Waals surface area contributed by atoms with Crippen LogP contribution in [0.4, 0.5) is 5.69 Å². The van der Waals surface area contributed by atoms with E-state index in [1.807, 2.05) is 144 Å². The van der Waals surface area contributed by atoms with Crippen molar-refractivity contribution < 1.29 is 9.59 Å². The van der Waals surface area contributed by atoms with Crippen molar-refractivity contribution in [3.63, 3.8) is 0 Å². The molecule has 1 amide bonds. The summed E-state index contributed by atoms with van der Waals surface area (Å²) in [4.78, 5) is 31.5. The van der Waals surface area contributed by atoms with Crippen LogP contribution in [0.1, 0.15) is 38.7 Å². The molecule has 42 heavy (non-hydrogen) atoms. The molecule has 0 bridgehead atoms. The van der Waals surface area contributed by atoms with Crippen molar-refractivity contribution in [3.8, 4) is 0 Å². The molecule has 1 spiro atoms. The van der Waals surface area contributed by atoms with E-state index >= 15 is 4.79 Å². The minimum atomic E-state index is -1.26. The lowest BCUT2D eigenvalue weighted by Gasteiger charge is -2.29. The SMILES string of the molecule is O=C(C1=C(c2ccccc2)[C@@]2(N[C@H]1c1ccc(Br)cc1)C(=O)N(Cc1ccccc1)c1ccccc12)c1ccccc1. The molecule has 1 N–H and O–H groups in total. The molecule has 204 valence electrons. The molecule has 0 unspecified atom stereocenters. The zero-order chi connectivity index (χ0) is 28.7. The maximum atomic E-state index is 15.0. The van der Waals surface area contributed by atoms with Crippen molar-refractivity contribution in [1.29, 1.82) is 0 Å². The zero-order valence-electron chi connectivity index (χ0n) is 22.7. The Kier molecular flexibility index (Phi) is 6.69. The first-order chi connectivity index (χ1) is 20.6. The Morgan fingerprint density at radius 2 is 1.33 bits per heavy atom. The molecular weight excluding hydrogens is 584 g/mol. The van der Waals surface area contributed by atoms with Gasteiger partial charge in [-0.25, -0.2) is 0 Å². The monoisotopic (exact) mass is 610 g/mol. The van der Waals surface area contributed by atoms with E-state index < -0.39 is 11.6 Å². The number of hydrogen-bond donors (Lipinski definition) is 1. The zero-order valence-corrected chi connectivity index (χ0v) is 24.3. The van der Waals surface area contributed by atoms with Crippen molar-refractivity contribution in [2.45, 2.75) is 18.1 Å². The van der Waals surface area contributed by atoms with Gasteiger partial charge in [-0.3, -0.25) is 14.9 Å². The van der Waals surface area contributed by atoms with E-state index in [4.69, 9.17) is 0 Å². The minimum Gasteiger partial charge on any atom is -0.305 e. The summed E-state index contributed by atoms with van der Waals surface area (Å²) in [6.45, 7) is 0.424. The number of fused-ring (bicyclic) bond motifs is 2. The Bertz CT molecular complexity index is 1820. The number of nitrogens with one attached hydrogen (secondary N) is 1. The minimum absolute atomic E-state index is 0.0932. The van der Waals surface area contributed by atoms with Crippen LogP contribution >= 0.6 is 15.9 Å². The number of para-hydroxylation sites is 1. The van der Waals surface area contributed by atoms with Gasteiger partial charge in [0.15, 0.2) is 11.3 Å². The highest BCUT2D eigenvalue weighted by Crippen LogP contribution is 2.56. The molecule has 5 heteroatoms. The molecule has 4 nitrogen and oxygen atoms in total. The molecule has 0 aliphatic carbocycles. The van der Waals surface area contributed by atoms with Gasteiger partial charge in [-0.05, 0) is 34.9 Å². The second-order valence-corrected chi connectivity index (χ2v) is 11.5. The second kappa shape index (κ2) is 10.7. The van der Waals surface area contributed by atoms with Crippen molar-refractivity contribution >= 4 is 38.9 Å². The summed E-state index contributed by atoms with van der Waals surface area (Å²) in [5, 5.41) is 3.77. The number of rotatable bonds is 6. The first kappa shape index (κ1) is 26.3. The third-order valence-corrected chi connectivity index (χ3v) is 8.72. The second-order valence-electron chi connectivity index (χ2n) is 10.6. The van der Waals surface area contributed by atoms with Crippen LogP contribution in [0.15, 0.2) is 150 Å². The average Bonchev–Trinajstić information content (AvgIpc) is 3.52. The molecule has 2 heterocycles. The largest absolute Gasteiger partial charge is 0.305 e. The van der Waals surface area contributed by atoms with Crippen LogP contribution < -0.4 is 10.2 Å². The van der Waals surface area contributed by atoms with Gasteiger partial charge >= 0.3 is 0 Å². The summed E-state index contributed by atoms with van der Waals surface area (Å²) in [7, 11) is 0. The van der Waals surface area contributed by atoms with Crippen molar-refractivity contribution in [2.75, 3.05) is 4.90 Å². The van der Waals surface area contributed by atoms with Gasteiger partial charge in [0.25, 0.3) is 5.91 Å². The van der Waals surface area contributed by atoms with Crippen LogP contribution in [0, 0.1) is 0 Å². The molecule has 0 aromatic heterocycles.